The third-order valence-electron chi connectivity index (χ3n) is 3.15. The highest BCUT2D eigenvalue weighted by Crippen LogP contribution is 2.38. The Labute approximate surface area is 121 Å². The molecule has 0 saturated carbocycles. The minimum atomic E-state index is -4.43. The number of nitrogens with one attached hydrogen (secondary N) is 1. The summed E-state index contributed by atoms with van der Waals surface area (Å²) >= 11 is 3.07. The molecule has 2 heterocycles. The van der Waals surface area contributed by atoms with Crippen LogP contribution in [0.15, 0.2) is 22.7 Å². The van der Waals surface area contributed by atoms with Crippen molar-refractivity contribution in [2.75, 3.05) is 6.54 Å². The molecule has 1 aliphatic heterocycles. The topological polar surface area (TPSA) is 42.7 Å². The van der Waals surface area contributed by atoms with Crippen molar-refractivity contribution in [3.05, 3.63) is 34.1 Å². The van der Waals surface area contributed by atoms with E-state index in [1.54, 1.807) is 10.6 Å². The van der Waals surface area contributed by atoms with Crippen LogP contribution in [0.2, 0.25) is 0 Å². The summed E-state index contributed by atoms with van der Waals surface area (Å²) in [5.74, 6) is 0.920. The van der Waals surface area contributed by atoms with E-state index in [1.165, 1.54) is 6.07 Å². The molecule has 1 aromatic heterocycles. The first kappa shape index (κ1) is 13.6. The van der Waals surface area contributed by atoms with Crippen LogP contribution < -0.4 is 5.32 Å². The molecule has 106 valence electrons. The SMILES string of the molecule is FC(F)(F)c1cc(Br)ccc1-c1nnc2n1CCNC2. The Morgan fingerprint density at radius 1 is 1.25 bits per heavy atom. The average molecular weight is 347 g/mol. The predicted octanol–water partition coefficient (Wildman–Crippen LogP) is 2.83. The van der Waals surface area contributed by atoms with Gasteiger partial charge in [-0.05, 0) is 18.2 Å². The Hall–Kier alpha value is -1.41. The molecular formula is C12H10BrF3N4. The van der Waals surface area contributed by atoms with Gasteiger partial charge in [-0.15, -0.1) is 10.2 Å². The van der Waals surface area contributed by atoms with Gasteiger partial charge in [-0.2, -0.15) is 13.2 Å². The molecule has 1 N–H and O–H groups in total. The third-order valence-corrected chi connectivity index (χ3v) is 3.64. The van der Waals surface area contributed by atoms with E-state index in [0.717, 1.165) is 6.07 Å². The molecule has 0 atom stereocenters. The smallest absolute Gasteiger partial charge is 0.309 e. The summed E-state index contributed by atoms with van der Waals surface area (Å²) in [6.07, 6.45) is -4.43. The summed E-state index contributed by atoms with van der Waals surface area (Å²) in [5.41, 5.74) is -0.651. The number of aromatic nitrogens is 3. The van der Waals surface area contributed by atoms with E-state index in [4.69, 9.17) is 0 Å². The number of nitrogens with zero attached hydrogens (tertiary/aromatic N) is 3. The van der Waals surface area contributed by atoms with Gasteiger partial charge in [0.25, 0.3) is 0 Å². The molecule has 4 nitrogen and oxygen atoms in total. The maximum Gasteiger partial charge on any atom is 0.417 e. The highest BCUT2D eigenvalue weighted by atomic mass is 79.9. The molecule has 1 aliphatic rings. The minimum absolute atomic E-state index is 0.0568. The molecule has 0 radical (unpaired) electrons. The monoisotopic (exact) mass is 346 g/mol. The summed E-state index contributed by atoms with van der Waals surface area (Å²) in [5, 5.41) is 11.0. The quantitative estimate of drug-likeness (QED) is 0.863. The lowest BCUT2D eigenvalue weighted by atomic mass is 10.1. The zero-order chi connectivity index (χ0) is 14.3. The summed E-state index contributed by atoms with van der Waals surface area (Å²) in [6.45, 7) is 1.77. The van der Waals surface area contributed by atoms with Gasteiger partial charge in [-0.25, -0.2) is 0 Å². The van der Waals surface area contributed by atoms with Crippen LogP contribution in [0.3, 0.4) is 0 Å². The molecule has 8 heteroatoms. The Balaban J connectivity index is 2.17. The summed E-state index contributed by atoms with van der Waals surface area (Å²) < 4.78 is 41.6. The largest absolute Gasteiger partial charge is 0.417 e. The number of alkyl halides is 3. The van der Waals surface area contributed by atoms with Crippen molar-refractivity contribution in [3.8, 4) is 11.4 Å². The molecule has 0 fully saturated rings. The fraction of sp³-hybridized carbons (Fsp3) is 0.333. The van der Waals surface area contributed by atoms with Crippen LogP contribution >= 0.6 is 15.9 Å². The Kier molecular flexibility index (Phi) is 3.29. The van der Waals surface area contributed by atoms with E-state index in [-0.39, 0.29) is 11.4 Å². The summed E-state index contributed by atoms with van der Waals surface area (Å²) in [6, 6.07) is 4.07. The van der Waals surface area contributed by atoms with Gasteiger partial charge >= 0.3 is 6.18 Å². The normalized spacial score (nSPS) is 15.2. The molecule has 0 aliphatic carbocycles. The molecule has 0 bridgehead atoms. The second kappa shape index (κ2) is 4.85. The molecule has 20 heavy (non-hydrogen) atoms. The fourth-order valence-electron chi connectivity index (χ4n) is 2.24. The van der Waals surface area contributed by atoms with Crippen molar-refractivity contribution in [2.45, 2.75) is 19.3 Å². The molecule has 1 aromatic carbocycles. The first-order valence-electron chi connectivity index (χ1n) is 5.97. The summed E-state index contributed by atoms with van der Waals surface area (Å²) in [7, 11) is 0. The standard InChI is InChI=1S/C12H10BrF3N4/c13-7-1-2-8(9(5-7)12(14,15)16)11-19-18-10-6-17-3-4-20(10)11/h1-2,5,17H,3-4,6H2. The maximum absolute atomic E-state index is 13.2. The van der Waals surface area contributed by atoms with Crippen LogP contribution in [0.25, 0.3) is 11.4 Å². The van der Waals surface area contributed by atoms with Crippen molar-refractivity contribution >= 4 is 15.9 Å². The van der Waals surface area contributed by atoms with Crippen molar-refractivity contribution in [1.29, 1.82) is 0 Å². The third kappa shape index (κ3) is 2.33. The maximum atomic E-state index is 13.2. The van der Waals surface area contributed by atoms with Gasteiger partial charge in [0, 0.05) is 23.1 Å². The van der Waals surface area contributed by atoms with Crippen molar-refractivity contribution in [3.63, 3.8) is 0 Å². The predicted molar refractivity (Wildman–Crippen MR) is 69.9 cm³/mol. The Morgan fingerprint density at radius 3 is 2.80 bits per heavy atom. The Bertz CT molecular complexity index is 651. The van der Waals surface area contributed by atoms with Crippen LogP contribution in [-0.4, -0.2) is 21.3 Å². The number of rotatable bonds is 1. The summed E-state index contributed by atoms with van der Waals surface area (Å²) in [4.78, 5) is 0. The molecule has 0 saturated heterocycles. The molecule has 0 spiro atoms. The second-order valence-electron chi connectivity index (χ2n) is 4.46. The van der Waals surface area contributed by atoms with Crippen molar-refractivity contribution in [2.24, 2.45) is 0 Å². The van der Waals surface area contributed by atoms with Crippen molar-refractivity contribution < 1.29 is 13.2 Å². The van der Waals surface area contributed by atoms with Gasteiger partial charge in [0.2, 0.25) is 0 Å². The first-order valence-corrected chi connectivity index (χ1v) is 6.76. The number of hydrogen-bond acceptors (Lipinski definition) is 3. The molecule has 3 rings (SSSR count). The lowest BCUT2D eigenvalue weighted by molar-refractivity contribution is -0.137. The van der Waals surface area contributed by atoms with Gasteiger partial charge in [0.15, 0.2) is 5.82 Å². The lowest BCUT2D eigenvalue weighted by Gasteiger charge is -2.18. The van der Waals surface area contributed by atoms with Gasteiger partial charge in [0.05, 0.1) is 12.1 Å². The first-order chi connectivity index (χ1) is 9.47. The average Bonchev–Trinajstić information content (AvgIpc) is 2.81. The van der Waals surface area contributed by atoms with E-state index < -0.39 is 11.7 Å². The van der Waals surface area contributed by atoms with Gasteiger partial charge in [-0.3, -0.25) is 0 Å². The van der Waals surface area contributed by atoms with E-state index in [2.05, 4.69) is 31.4 Å². The van der Waals surface area contributed by atoms with Gasteiger partial charge in [-0.1, -0.05) is 15.9 Å². The van der Waals surface area contributed by atoms with E-state index in [1.807, 2.05) is 0 Å². The van der Waals surface area contributed by atoms with Gasteiger partial charge in [0.1, 0.15) is 5.82 Å². The van der Waals surface area contributed by atoms with Crippen molar-refractivity contribution in [1.82, 2.24) is 20.1 Å². The molecule has 2 aromatic rings. The number of halogens is 4. The van der Waals surface area contributed by atoms with Gasteiger partial charge < -0.3 is 9.88 Å². The number of benzene rings is 1. The van der Waals surface area contributed by atoms with E-state index in [9.17, 15) is 13.2 Å². The van der Waals surface area contributed by atoms with Crippen LogP contribution in [-0.2, 0) is 19.3 Å². The van der Waals surface area contributed by atoms with Crippen LogP contribution in [0.5, 0.6) is 0 Å². The molecular weight excluding hydrogens is 337 g/mol. The number of hydrogen-bond donors (Lipinski definition) is 1. The number of fused-ring (bicyclic) bond motifs is 1. The zero-order valence-electron chi connectivity index (χ0n) is 10.2. The molecule has 0 unspecified atom stereocenters. The lowest BCUT2D eigenvalue weighted by Crippen LogP contribution is -2.28. The highest BCUT2D eigenvalue weighted by molar-refractivity contribution is 9.10. The van der Waals surface area contributed by atoms with Crippen LogP contribution in [0, 0.1) is 0 Å². The minimum Gasteiger partial charge on any atom is -0.309 e. The highest BCUT2D eigenvalue weighted by Gasteiger charge is 2.35. The zero-order valence-corrected chi connectivity index (χ0v) is 11.8. The van der Waals surface area contributed by atoms with E-state index in [0.29, 0.717) is 29.9 Å². The second-order valence-corrected chi connectivity index (χ2v) is 5.37. The van der Waals surface area contributed by atoms with E-state index >= 15 is 0 Å². The molecule has 0 amide bonds. The Morgan fingerprint density at radius 2 is 2.05 bits per heavy atom. The van der Waals surface area contributed by atoms with Crippen LogP contribution in [0.1, 0.15) is 11.4 Å². The van der Waals surface area contributed by atoms with Crippen LogP contribution in [0.4, 0.5) is 13.2 Å². The fourth-order valence-corrected chi connectivity index (χ4v) is 2.60.